The van der Waals surface area contributed by atoms with Crippen LogP contribution in [0.5, 0.6) is 0 Å². The molecule has 15 nitrogen and oxygen atoms in total. The molecule has 19 heteroatoms. The summed E-state index contributed by atoms with van der Waals surface area (Å²) in [4.78, 5) is 52.8. The van der Waals surface area contributed by atoms with Crippen LogP contribution in [-0.2, 0) is 38.4 Å². The number of ether oxygens (including phenoxy) is 1. The first-order chi connectivity index (χ1) is 17.2. The lowest BCUT2D eigenvalue weighted by atomic mass is 10.1. The van der Waals surface area contributed by atoms with E-state index < -0.39 is 35.5 Å². The minimum absolute atomic E-state index is 0.141. The zero-order chi connectivity index (χ0) is 27.7. The molecule has 210 valence electrons. The smallest absolute Gasteiger partial charge is 0.368 e. The number of hydrogen-bond donors (Lipinski definition) is 5. The second-order valence-corrected chi connectivity index (χ2v) is 14.0. The second-order valence-electron chi connectivity index (χ2n) is 8.22. The summed E-state index contributed by atoms with van der Waals surface area (Å²) in [6, 6.07) is 0. The fourth-order valence-corrected chi connectivity index (χ4v) is 7.20. The van der Waals surface area contributed by atoms with Crippen LogP contribution >= 0.6 is 35.6 Å². The van der Waals surface area contributed by atoms with E-state index in [4.69, 9.17) is 9.63 Å². The highest BCUT2D eigenvalue weighted by Crippen LogP contribution is 2.66. The van der Waals surface area contributed by atoms with Gasteiger partial charge in [0.1, 0.15) is 24.0 Å². The van der Waals surface area contributed by atoms with Gasteiger partial charge in [0.25, 0.3) is 0 Å². The van der Waals surface area contributed by atoms with Crippen LogP contribution in [0.2, 0.25) is 0 Å². The number of ketones is 1. The number of carbonyl (C=O) groups excluding carboxylic acids is 1. The van der Waals surface area contributed by atoms with Crippen LogP contribution in [0, 0.1) is 0 Å². The molecule has 0 aliphatic carbocycles. The number of fused-ring (bicyclic) bond motifs is 1. The van der Waals surface area contributed by atoms with Gasteiger partial charge in [0.05, 0.1) is 19.0 Å². The molecule has 0 fully saturated rings. The van der Waals surface area contributed by atoms with Gasteiger partial charge in [-0.1, -0.05) is 0 Å². The Morgan fingerprint density at radius 3 is 2.49 bits per heavy atom. The Morgan fingerprint density at radius 2 is 1.81 bits per heavy atom. The third-order valence-electron chi connectivity index (χ3n) is 4.65. The zero-order valence-electron chi connectivity index (χ0n) is 20.4. The molecule has 0 aliphatic rings. The lowest BCUT2D eigenvalue weighted by Crippen LogP contribution is -2.17. The first kappa shape index (κ1) is 32.0. The van der Waals surface area contributed by atoms with E-state index in [1.165, 1.54) is 12.7 Å². The van der Waals surface area contributed by atoms with Crippen molar-refractivity contribution in [2.24, 2.45) is 0 Å². The molecule has 2 aromatic heterocycles. The van der Waals surface area contributed by atoms with Crippen LogP contribution in [0.25, 0.3) is 11.2 Å². The van der Waals surface area contributed by atoms with Crippen LogP contribution in [0.3, 0.4) is 0 Å². The van der Waals surface area contributed by atoms with Crippen molar-refractivity contribution in [3.05, 3.63) is 12.7 Å². The van der Waals surface area contributed by atoms with Crippen molar-refractivity contribution < 1.29 is 46.5 Å². The Balaban J connectivity index is 1.89. The predicted molar refractivity (Wildman–Crippen MR) is 139 cm³/mol. The Kier molecular flexibility index (Phi) is 12.4. The summed E-state index contributed by atoms with van der Waals surface area (Å²) in [6.45, 7) is 2.85. The molecular formula is C18H32N5O10P3S. The predicted octanol–water partition coefficient (Wildman–Crippen LogP) is 3.18. The molecule has 0 radical (unpaired) electrons. The number of anilines is 1. The number of aromatic nitrogens is 4. The number of thiol groups is 1. The number of imidazole rings is 1. The van der Waals surface area contributed by atoms with Gasteiger partial charge in [-0.05, 0) is 31.9 Å². The molecule has 0 bridgehead atoms. The van der Waals surface area contributed by atoms with Crippen LogP contribution in [-0.4, -0.2) is 71.4 Å². The van der Waals surface area contributed by atoms with Gasteiger partial charge in [-0.15, -0.1) is 0 Å². The van der Waals surface area contributed by atoms with Gasteiger partial charge in [0.15, 0.2) is 11.5 Å². The maximum Gasteiger partial charge on any atom is 0.486 e. The number of rotatable bonds is 18. The molecule has 2 aromatic rings. The fourth-order valence-electron chi connectivity index (χ4n) is 3.14. The van der Waals surface area contributed by atoms with E-state index in [0.717, 1.165) is 18.6 Å². The SMILES string of the molecule is C[C@H](Cn1cnc2c(NCCCC(=O)CCCCS)ncnc21)OCP(=O)(O)OP(=O)(O)OP(C)(=O)O. The van der Waals surface area contributed by atoms with E-state index in [1.54, 1.807) is 11.5 Å². The van der Waals surface area contributed by atoms with Gasteiger partial charge in [0, 0.05) is 26.1 Å². The van der Waals surface area contributed by atoms with Gasteiger partial charge in [-0.2, -0.15) is 12.6 Å². The summed E-state index contributed by atoms with van der Waals surface area (Å²) >= 11 is 4.13. The normalized spacial score (nSPS) is 17.6. The maximum atomic E-state index is 12.1. The van der Waals surface area contributed by atoms with Gasteiger partial charge >= 0.3 is 23.0 Å². The molecule has 4 N–H and O–H groups in total. The van der Waals surface area contributed by atoms with E-state index in [2.05, 4.69) is 41.5 Å². The lowest BCUT2D eigenvalue weighted by Gasteiger charge is -2.19. The summed E-state index contributed by atoms with van der Waals surface area (Å²) < 4.78 is 49.8. The van der Waals surface area contributed by atoms with E-state index in [1.807, 2.05) is 0 Å². The summed E-state index contributed by atoms with van der Waals surface area (Å²) in [7, 11) is -14.5. The minimum atomic E-state index is -5.28. The van der Waals surface area contributed by atoms with Crippen molar-refractivity contribution in [3.8, 4) is 0 Å². The van der Waals surface area contributed by atoms with Crippen molar-refractivity contribution in [2.75, 3.05) is 30.6 Å². The van der Waals surface area contributed by atoms with Crippen molar-refractivity contribution in [2.45, 2.75) is 51.7 Å². The molecule has 2 rings (SSSR count). The largest absolute Gasteiger partial charge is 0.486 e. The van der Waals surface area contributed by atoms with Gasteiger partial charge in [0.2, 0.25) is 0 Å². The summed E-state index contributed by atoms with van der Waals surface area (Å²) in [5.41, 5.74) is 0.950. The van der Waals surface area contributed by atoms with Crippen molar-refractivity contribution in [3.63, 3.8) is 0 Å². The highest BCUT2D eigenvalue weighted by molar-refractivity contribution is 7.80. The number of phosphoric acid groups is 1. The summed E-state index contributed by atoms with van der Waals surface area (Å²) in [5.74, 6) is 1.47. The fraction of sp³-hybridized carbons (Fsp3) is 0.667. The van der Waals surface area contributed by atoms with E-state index >= 15 is 0 Å². The van der Waals surface area contributed by atoms with E-state index in [-0.39, 0.29) is 12.3 Å². The Hall–Kier alpha value is -1.18. The molecule has 0 amide bonds. The summed E-state index contributed by atoms with van der Waals surface area (Å²) in [5, 5.41) is 3.15. The van der Waals surface area contributed by atoms with Crippen LogP contribution in [0.15, 0.2) is 12.7 Å². The topological polar surface area (TPSA) is 212 Å². The minimum Gasteiger partial charge on any atom is -0.368 e. The molecule has 4 atom stereocenters. The van der Waals surface area contributed by atoms with Gasteiger partial charge in [-0.3, -0.25) is 13.9 Å². The van der Waals surface area contributed by atoms with Crippen LogP contribution in [0.4, 0.5) is 5.82 Å². The van der Waals surface area contributed by atoms with E-state index in [9.17, 15) is 28.3 Å². The third-order valence-corrected chi connectivity index (χ3v) is 9.33. The summed E-state index contributed by atoms with van der Waals surface area (Å²) in [6.07, 6.45) is 4.56. The molecule has 0 saturated carbocycles. The average Bonchev–Trinajstić information content (AvgIpc) is 3.16. The first-order valence-electron chi connectivity index (χ1n) is 11.2. The standard InChI is InChI=1S/C18H32N5O10P3S/c1-14(31-13-35(27,28)33-36(29,30)32-34(2,25)26)10-23-12-22-16-17(20-11-21-18(16)23)19-8-5-7-15(24)6-3-4-9-37/h11-12,14,37H,3-10,13H2,1-2H3,(H,25,26)(H,27,28)(H,29,30)(H,19,20,21)/t14-/m1/s1. The average molecular weight is 603 g/mol. The number of Topliss-reactive ketones (excluding diaryl/α,β-unsaturated/α-hetero) is 1. The Bertz CT molecular complexity index is 1190. The molecule has 0 saturated heterocycles. The molecular weight excluding hydrogens is 571 g/mol. The highest BCUT2D eigenvalue weighted by Gasteiger charge is 2.38. The highest BCUT2D eigenvalue weighted by atomic mass is 32.1. The van der Waals surface area contributed by atoms with Crippen molar-refractivity contribution in [1.82, 2.24) is 19.5 Å². The van der Waals surface area contributed by atoms with Crippen LogP contribution in [0.1, 0.15) is 39.0 Å². The molecule has 2 heterocycles. The third kappa shape index (κ3) is 12.0. The van der Waals surface area contributed by atoms with Crippen molar-refractivity contribution in [1.29, 1.82) is 0 Å². The Morgan fingerprint density at radius 1 is 1.11 bits per heavy atom. The number of unbranched alkanes of at least 4 members (excludes halogenated alkanes) is 1. The molecule has 0 aromatic carbocycles. The first-order valence-corrected chi connectivity index (χ1v) is 17.1. The number of carbonyl (C=O) groups is 1. The zero-order valence-corrected chi connectivity index (χ0v) is 24.0. The molecule has 37 heavy (non-hydrogen) atoms. The number of hydrogen-bond acceptors (Lipinski definition) is 12. The second kappa shape index (κ2) is 14.3. The Labute approximate surface area is 219 Å². The quantitative estimate of drug-likeness (QED) is 0.0941. The number of nitrogens with zero attached hydrogens (tertiary/aromatic N) is 4. The van der Waals surface area contributed by atoms with Crippen LogP contribution < -0.4 is 5.32 Å². The monoisotopic (exact) mass is 603 g/mol. The molecule has 0 spiro atoms. The van der Waals surface area contributed by atoms with Crippen molar-refractivity contribution >= 4 is 58.4 Å². The molecule has 3 unspecified atom stereocenters. The number of nitrogens with one attached hydrogen (secondary N) is 1. The van der Waals surface area contributed by atoms with Gasteiger partial charge < -0.3 is 29.3 Å². The molecule has 0 aliphatic heterocycles. The van der Waals surface area contributed by atoms with Gasteiger partial charge in [-0.25, -0.2) is 28.1 Å². The lowest BCUT2D eigenvalue weighted by molar-refractivity contribution is -0.119. The maximum absolute atomic E-state index is 12.1. The van der Waals surface area contributed by atoms with E-state index in [0.29, 0.717) is 49.5 Å².